The monoisotopic (exact) mass is 381 g/mol. The number of anilines is 1. The lowest BCUT2D eigenvalue weighted by atomic mass is 10.00. The molecule has 134 valence electrons. The fourth-order valence-electron chi connectivity index (χ4n) is 2.88. The molecule has 0 bridgehead atoms. The van der Waals surface area contributed by atoms with E-state index >= 15 is 0 Å². The quantitative estimate of drug-likeness (QED) is 0.611. The summed E-state index contributed by atoms with van der Waals surface area (Å²) in [6.07, 6.45) is 2.05. The van der Waals surface area contributed by atoms with E-state index in [4.69, 9.17) is 0 Å². The van der Waals surface area contributed by atoms with E-state index in [1.807, 2.05) is 12.1 Å². The normalized spacial score (nSPS) is 14.9. The van der Waals surface area contributed by atoms with E-state index in [0.717, 1.165) is 49.7 Å². The molecule has 7 nitrogen and oxygen atoms in total. The highest BCUT2D eigenvalue weighted by molar-refractivity contribution is 7.92. The Balaban J connectivity index is 1.63. The Morgan fingerprint density at radius 1 is 1.32 bits per heavy atom. The molecule has 0 atom stereocenters. The average molecular weight is 381 g/mol. The summed E-state index contributed by atoms with van der Waals surface area (Å²) >= 11 is 0.911. The van der Waals surface area contributed by atoms with Crippen LogP contribution in [0.1, 0.15) is 11.1 Å². The van der Waals surface area contributed by atoms with E-state index in [2.05, 4.69) is 22.3 Å². The van der Waals surface area contributed by atoms with Gasteiger partial charge in [0, 0.05) is 38.5 Å². The van der Waals surface area contributed by atoms with Crippen molar-refractivity contribution in [1.82, 2.24) is 4.90 Å². The molecule has 0 saturated carbocycles. The van der Waals surface area contributed by atoms with Gasteiger partial charge >= 0.3 is 5.69 Å². The van der Waals surface area contributed by atoms with Gasteiger partial charge < -0.3 is 5.32 Å². The number of nitrogens with one attached hydrogen (secondary N) is 1. The second kappa shape index (κ2) is 7.11. The van der Waals surface area contributed by atoms with E-state index in [-0.39, 0.29) is 9.90 Å². The molecule has 2 aromatic rings. The first-order chi connectivity index (χ1) is 11.8. The van der Waals surface area contributed by atoms with Gasteiger partial charge in [-0.3, -0.25) is 15.0 Å². The van der Waals surface area contributed by atoms with Crippen molar-refractivity contribution in [2.45, 2.75) is 17.2 Å². The zero-order valence-corrected chi connectivity index (χ0v) is 15.4. The second-order valence-corrected chi connectivity index (χ2v) is 9.33. The molecule has 1 aliphatic rings. The van der Waals surface area contributed by atoms with Gasteiger partial charge in [-0.25, -0.2) is 8.42 Å². The second-order valence-electron chi connectivity index (χ2n) is 6.03. The van der Waals surface area contributed by atoms with Crippen LogP contribution < -0.4 is 5.32 Å². The zero-order valence-electron chi connectivity index (χ0n) is 13.8. The summed E-state index contributed by atoms with van der Waals surface area (Å²) in [5, 5.41) is 14.5. The molecule has 0 spiro atoms. The van der Waals surface area contributed by atoms with Crippen LogP contribution in [-0.4, -0.2) is 44.1 Å². The summed E-state index contributed by atoms with van der Waals surface area (Å²) in [5.41, 5.74) is 2.50. The highest BCUT2D eigenvalue weighted by atomic mass is 32.2. The SMILES string of the molecule is CS(=O)(=O)c1cc([N+](=O)[O-])c(NCCN2CCc3ccccc3C2)s1. The molecule has 1 aliphatic heterocycles. The lowest BCUT2D eigenvalue weighted by Crippen LogP contribution is -2.34. The Morgan fingerprint density at radius 2 is 2.04 bits per heavy atom. The molecule has 2 heterocycles. The number of thiophene rings is 1. The highest BCUT2D eigenvalue weighted by Gasteiger charge is 2.23. The van der Waals surface area contributed by atoms with E-state index < -0.39 is 14.8 Å². The van der Waals surface area contributed by atoms with Crippen LogP contribution in [0.15, 0.2) is 34.5 Å². The van der Waals surface area contributed by atoms with Crippen molar-refractivity contribution in [1.29, 1.82) is 0 Å². The van der Waals surface area contributed by atoms with Crippen LogP contribution in [0.25, 0.3) is 0 Å². The fourth-order valence-corrected chi connectivity index (χ4v) is 4.84. The number of hydrogen-bond acceptors (Lipinski definition) is 7. The maximum absolute atomic E-state index is 11.6. The molecule has 1 N–H and O–H groups in total. The van der Waals surface area contributed by atoms with Gasteiger partial charge in [-0.05, 0) is 17.5 Å². The number of hydrogen-bond donors (Lipinski definition) is 1. The van der Waals surface area contributed by atoms with Gasteiger partial charge in [0.25, 0.3) is 0 Å². The maximum Gasteiger partial charge on any atom is 0.304 e. The van der Waals surface area contributed by atoms with Crippen molar-refractivity contribution in [2.24, 2.45) is 0 Å². The van der Waals surface area contributed by atoms with E-state index in [1.165, 1.54) is 11.1 Å². The number of nitrogens with zero attached hydrogens (tertiary/aromatic N) is 2. The number of sulfone groups is 1. The Morgan fingerprint density at radius 3 is 2.72 bits per heavy atom. The minimum Gasteiger partial charge on any atom is -0.370 e. The molecule has 0 unspecified atom stereocenters. The van der Waals surface area contributed by atoms with Crippen LogP contribution in [0, 0.1) is 10.1 Å². The van der Waals surface area contributed by atoms with Gasteiger partial charge in [0.15, 0.2) is 14.8 Å². The lowest BCUT2D eigenvalue weighted by molar-refractivity contribution is -0.383. The Kier molecular flexibility index (Phi) is 5.07. The number of nitro groups is 1. The van der Waals surface area contributed by atoms with Gasteiger partial charge in [0.05, 0.1) is 4.92 Å². The molecule has 0 radical (unpaired) electrons. The fraction of sp³-hybridized carbons (Fsp3) is 0.375. The van der Waals surface area contributed by atoms with E-state index in [0.29, 0.717) is 11.5 Å². The predicted molar refractivity (Wildman–Crippen MR) is 98.0 cm³/mol. The summed E-state index contributed by atoms with van der Waals surface area (Å²) in [6.45, 7) is 3.06. The molecule has 0 saturated heterocycles. The first-order valence-corrected chi connectivity index (χ1v) is 10.6. The molecule has 0 amide bonds. The molecule has 1 aromatic carbocycles. The third-order valence-electron chi connectivity index (χ3n) is 4.18. The van der Waals surface area contributed by atoms with Gasteiger partial charge in [-0.2, -0.15) is 0 Å². The summed E-state index contributed by atoms with van der Waals surface area (Å²) < 4.78 is 23.2. The first-order valence-electron chi connectivity index (χ1n) is 7.86. The highest BCUT2D eigenvalue weighted by Crippen LogP contribution is 2.36. The van der Waals surface area contributed by atoms with Crippen molar-refractivity contribution in [3.63, 3.8) is 0 Å². The first kappa shape index (κ1) is 17.8. The molecule has 9 heteroatoms. The molecule has 3 rings (SSSR count). The van der Waals surface area contributed by atoms with Crippen LogP contribution >= 0.6 is 11.3 Å². The van der Waals surface area contributed by atoms with Crippen LogP contribution in [-0.2, 0) is 22.8 Å². The third-order valence-corrected chi connectivity index (χ3v) is 7.06. The standard InChI is InChI=1S/C16H19N3O4S2/c1-25(22,23)15-10-14(19(20)21)16(24-15)17-7-9-18-8-6-12-4-2-3-5-13(12)11-18/h2-5,10,17H,6-9,11H2,1H3. The van der Waals surface area contributed by atoms with Crippen LogP contribution in [0.4, 0.5) is 10.7 Å². The van der Waals surface area contributed by atoms with Gasteiger partial charge in [-0.1, -0.05) is 35.6 Å². The Hall–Kier alpha value is -1.97. The molecular formula is C16H19N3O4S2. The van der Waals surface area contributed by atoms with Gasteiger partial charge in [0.2, 0.25) is 0 Å². The number of benzene rings is 1. The van der Waals surface area contributed by atoms with Crippen molar-refractivity contribution in [3.05, 3.63) is 51.6 Å². The summed E-state index contributed by atoms with van der Waals surface area (Å²) in [4.78, 5) is 12.9. The smallest absolute Gasteiger partial charge is 0.304 e. The van der Waals surface area contributed by atoms with Crippen LogP contribution in [0.3, 0.4) is 0 Å². The third kappa shape index (κ3) is 4.17. The molecule has 1 aromatic heterocycles. The lowest BCUT2D eigenvalue weighted by Gasteiger charge is -2.28. The van der Waals surface area contributed by atoms with Crippen molar-refractivity contribution < 1.29 is 13.3 Å². The summed E-state index contributed by atoms with van der Waals surface area (Å²) in [7, 11) is -3.45. The molecule has 25 heavy (non-hydrogen) atoms. The van der Waals surface area contributed by atoms with Crippen molar-refractivity contribution in [3.8, 4) is 0 Å². The van der Waals surface area contributed by atoms with Crippen molar-refractivity contribution in [2.75, 3.05) is 31.2 Å². The minimum absolute atomic E-state index is 0.00796. The van der Waals surface area contributed by atoms with Crippen LogP contribution in [0.5, 0.6) is 0 Å². The Bertz CT molecular complexity index is 893. The van der Waals surface area contributed by atoms with Crippen LogP contribution in [0.2, 0.25) is 0 Å². The predicted octanol–water partition coefficient (Wildman–Crippen LogP) is 2.53. The van der Waals surface area contributed by atoms with Gasteiger partial charge in [0.1, 0.15) is 4.21 Å². The average Bonchev–Trinajstić information content (AvgIpc) is 2.99. The maximum atomic E-state index is 11.6. The van der Waals surface area contributed by atoms with Gasteiger partial charge in [-0.15, -0.1) is 0 Å². The Labute approximate surface area is 150 Å². The number of rotatable bonds is 6. The van der Waals surface area contributed by atoms with E-state index in [1.54, 1.807) is 0 Å². The molecule has 0 fully saturated rings. The van der Waals surface area contributed by atoms with E-state index in [9.17, 15) is 18.5 Å². The molecular weight excluding hydrogens is 362 g/mol. The minimum atomic E-state index is -3.45. The topological polar surface area (TPSA) is 92.5 Å². The zero-order chi connectivity index (χ0) is 18.0. The number of fused-ring (bicyclic) bond motifs is 1. The largest absolute Gasteiger partial charge is 0.370 e. The summed E-state index contributed by atoms with van der Waals surface area (Å²) in [6, 6.07) is 9.47. The molecule has 0 aliphatic carbocycles. The van der Waals surface area contributed by atoms with Crippen molar-refractivity contribution >= 4 is 31.9 Å². The summed E-state index contributed by atoms with van der Waals surface area (Å²) in [5.74, 6) is 0.